The quantitative estimate of drug-likeness (QED) is 0.894. The molecule has 1 aromatic rings. The Labute approximate surface area is 100 Å². The van der Waals surface area contributed by atoms with Gasteiger partial charge in [0.05, 0.1) is 0 Å². The molecule has 1 saturated carbocycles. The summed E-state index contributed by atoms with van der Waals surface area (Å²) in [7, 11) is 0. The standard InChI is InChI=1S/C13H18BrN/c1-9(2)12-7-13(12,8-15)10-3-5-11(14)6-4-10/h3-6,9,12H,7-8,15H2,1-2H3. The van der Waals surface area contributed by atoms with Gasteiger partial charge in [-0.3, -0.25) is 0 Å². The summed E-state index contributed by atoms with van der Waals surface area (Å²) in [5, 5.41) is 0. The molecule has 0 spiro atoms. The van der Waals surface area contributed by atoms with Crippen molar-refractivity contribution in [3.8, 4) is 0 Å². The summed E-state index contributed by atoms with van der Waals surface area (Å²) < 4.78 is 1.14. The fourth-order valence-electron chi connectivity index (χ4n) is 2.67. The minimum Gasteiger partial charge on any atom is -0.330 e. The maximum atomic E-state index is 5.96. The van der Waals surface area contributed by atoms with Gasteiger partial charge in [0, 0.05) is 16.4 Å². The molecule has 2 unspecified atom stereocenters. The van der Waals surface area contributed by atoms with E-state index in [1.54, 1.807) is 0 Å². The SMILES string of the molecule is CC(C)C1CC1(CN)c1ccc(Br)cc1. The second-order valence-corrected chi connectivity index (χ2v) is 5.84. The molecule has 2 N–H and O–H groups in total. The Hall–Kier alpha value is -0.340. The van der Waals surface area contributed by atoms with E-state index in [-0.39, 0.29) is 5.41 Å². The maximum Gasteiger partial charge on any atom is 0.0175 e. The lowest BCUT2D eigenvalue weighted by Crippen LogP contribution is -2.23. The Kier molecular flexibility index (Phi) is 2.91. The van der Waals surface area contributed by atoms with Crippen LogP contribution < -0.4 is 5.73 Å². The Morgan fingerprint density at radius 2 is 2.00 bits per heavy atom. The summed E-state index contributed by atoms with van der Waals surface area (Å²) in [6.45, 7) is 5.36. The molecule has 2 heteroatoms. The number of nitrogens with two attached hydrogens (primary N) is 1. The van der Waals surface area contributed by atoms with Crippen molar-refractivity contribution in [3.63, 3.8) is 0 Å². The van der Waals surface area contributed by atoms with E-state index in [9.17, 15) is 0 Å². The van der Waals surface area contributed by atoms with Crippen molar-refractivity contribution in [1.29, 1.82) is 0 Å². The van der Waals surface area contributed by atoms with Crippen LogP contribution in [0.15, 0.2) is 28.7 Å². The van der Waals surface area contributed by atoms with Crippen LogP contribution in [0.5, 0.6) is 0 Å². The van der Waals surface area contributed by atoms with Crippen molar-refractivity contribution in [2.75, 3.05) is 6.54 Å². The second kappa shape index (κ2) is 3.91. The number of hydrogen-bond donors (Lipinski definition) is 1. The van der Waals surface area contributed by atoms with Crippen LogP contribution >= 0.6 is 15.9 Å². The van der Waals surface area contributed by atoms with Crippen LogP contribution in [0.25, 0.3) is 0 Å². The van der Waals surface area contributed by atoms with Crippen molar-refractivity contribution in [1.82, 2.24) is 0 Å². The van der Waals surface area contributed by atoms with E-state index >= 15 is 0 Å². The molecule has 0 bridgehead atoms. The fraction of sp³-hybridized carbons (Fsp3) is 0.538. The van der Waals surface area contributed by atoms with Crippen LogP contribution in [0.2, 0.25) is 0 Å². The highest BCUT2D eigenvalue weighted by Gasteiger charge is 2.55. The first kappa shape index (κ1) is 11.2. The highest BCUT2D eigenvalue weighted by Crippen LogP contribution is 2.57. The van der Waals surface area contributed by atoms with Gasteiger partial charge in [0.1, 0.15) is 0 Å². The van der Waals surface area contributed by atoms with E-state index in [0.717, 1.165) is 22.9 Å². The molecule has 0 saturated heterocycles. The molecular formula is C13H18BrN. The van der Waals surface area contributed by atoms with Crippen LogP contribution in [0.4, 0.5) is 0 Å². The smallest absolute Gasteiger partial charge is 0.0175 e. The second-order valence-electron chi connectivity index (χ2n) is 4.92. The Bertz CT molecular complexity index is 344. The third-order valence-electron chi connectivity index (χ3n) is 3.72. The topological polar surface area (TPSA) is 26.0 Å². The number of benzene rings is 1. The van der Waals surface area contributed by atoms with E-state index in [4.69, 9.17) is 5.73 Å². The fourth-order valence-corrected chi connectivity index (χ4v) is 2.94. The molecule has 0 aliphatic heterocycles. The van der Waals surface area contributed by atoms with Crippen LogP contribution in [0.3, 0.4) is 0 Å². The van der Waals surface area contributed by atoms with Gasteiger partial charge in [0.2, 0.25) is 0 Å². The van der Waals surface area contributed by atoms with Crippen molar-refractivity contribution in [2.24, 2.45) is 17.6 Å². The van der Waals surface area contributed by atoms with Crippen LogP contribution in [0, 0.1) is 11.8 Å². The largest absolute Gasteiger partial charge is 0.330 e. The van der Waals surface area contributed by atoms with Crippen molar-refractivity contribution in [2.45, 2.75) is 25.7 Å². The molecule has 82 valence electrons. The zero-order chi connectivity index (χ0) is 11.1. The summed E-state index contributed by atoms with van der Waals surface area (Å²) >= 11 is 3.47. The average molecular weight is 268 g/mol. The highest BCUT2D eigenvalue weighted by atomic mass is 79.9. The molecule has 1 fully saturated rings. The van der Waals surface area contributed by atoms with Gasteiger partial charge in [0.25, 0.3) is 0 Å². The normalized spacial score (nSPS) is 29.5. The summed E-state index contributed by atoms with van der Waals surface area (Å²) in [5.41, 5.74) is 7.64. The third kappa shape index (κ3) is 1.85. The zero-order valence-corrected chi connectivity index (χ0v) is 10.9. The van der Waals surface area contributed by atoms with Gasteiger partial charge < -0.3 is 5.73 Å². The first-order valence-corrected chi connectivity index (χ1v) is 6.35. The maximum absolute atomic E-state index is 5.96. The van der Waals surface area contributed by atoms with Gasteiger partial charge >= 0.3 is 0 Å². The highest BCUT2D eigenvalue weighted by molar-refractivity contribution is 9.10. The lowest BCUT2D eigenvalue weighted by Gasteiger charge is -2.17. The molecule has 1 nitrogen and oxygen atoms in total. The van der Waals surface area contributed by atoms with Gasteiger partial charge in [-0.25, -0.2) is 0 Å². The predicted molar refractivity (Wildman–Crippen MR) is 67.8 cm³/mol. The van der Waals surface area contributed by atoms with Crippen LogP contribution in [0.1, 0.15) is 25.8 Å². The lowest BCUT2D eigenvalue weighted by atomic mass is 9.90. The number of halogens is 1. The molecule has 0 amide bonds. The molecule has 0 aromatic heterocycles. The Morgan fingerprint density at radius 1 is 1.40 bits per heavy atom. The summed E-state index contributed by atoms with van der Waals surface area (Å²) in [4.78, 5) is 0. The predicted octanol–water partition coefficient (Wildman–Crippen LogP) is 3.32. The molecule has 1 aromatic carbocycles. The Balaban J connectivity index is 2.26. The van der Waals surface area contributed by atoms with Crippen molar-refractivity contribution >= 4 is 15.9 Å². The van der Waals surface area contributed by atoms with E-state index in [2.05, 4.69) is 54.0 Å². The first-order chi connectivity index (χ1) is 7.10. The van der Waals surface area contributed by atoms with E-state index in [1.807, 2.05) is 0 Å². The van der Waals surface area contributed by atoms with Gasteiger partial charge in [-0.05, 0) is 36.0 Å². The number of hydrogen-bond acceptors (Lipinski definition) is 1. The van der Waals surface area contributed by atoms with Crippen molar-refractivity contribution in [3.05, 3.63) is 34.3 Å². The molecule has 2 rings (SSSR count). The average Bonchev–Trinajstić information content (AvgIpc) is 2.95. The Morgan fingerprint density at radius 3 is 2.40 bits per heavy atom. The number of rotatable bonds is 3. The monoisotopic (exact) mass is 267 g/mol. The van der Waals surface area contributed by atoms with Crippen LogP contribution in [-0.4, -0.2) is 6.54 Å². The van der Waals surface area contributed by atoms with E-state index in [0.29, 0.717) is 0 Å². The van der Waals surface area contributed by atoms with E-state index in [1.165, 1.54) is 12.0 Å². The van der Waals surface area contributed by atoms with Gasteiger partial charge in [-0.2, -0.15) is 0 Å². The van der Waals surface area contributed by atoms with Gasteiger partial charge in [-0.15, -0.1) is 0 Å². The molecule has 0 heterocycles. The molecule has 0 radical (unpaired) electrons. The lowest BCUT2D eigenvalue weighted by molar-refractivity contribution is 0.484. The first-order valence-electron chi connectivity index (χ1n) is 5.56. The third-order valence-corrected chi connectivity index (χ3v) is 4.25. The van der Waals surface area contributed by atoms with Gasteiger partial charge in [-0.1, -0.05) is 41.9 Å². The van der Waals surface area contributed by atoms with Crippen LogP contribution in [-0.2, 0) is 5.41 Å². The van der Waals surface area contributed by atoms with E-state index < -0.39 is 0 Å². The molecule has 15 heavy (non-hydrogen) atoms. The summed E-state index contributed by atoms with van der Waals surface area (Å²) in [5.74, 6) is 1.50. The summed E-state index contributed by atoms with van der Waals surface area (Å²) in [6.07, 6.45) is 1.25. The minimum absolute atomic E-state index is 0.273. The molecule has 1 aliphatic carbocycles. The zero-order valence-electron chi connectivity index (χ0n) is 9.33. The molecule has 2 atom stereocenters. The minimum atomic E-state index is 0.273. The molecular weight excluding hydrogens is 250 g/mol. The molecule has 1 aliphatic rings. The van der Waals surface area contributed by atoms with Gasteiger partial charge in [0.15, 0.2) is 0 Å². The van der Waals surface area contributed by atoms with Crippen molar-refractivity contribution < 1.29 is 0 Å². The summed E-state index contributed by atoms with van der Waals surface area (Å²) in [6, 6.07) is 8.64.